The second kappa shape index (κ2) is 7.63. The highest BCUT2D eigenvalue weighted by atomic mass is 35.5. The standard InChI is InChI=1S/C21H23ClN2O4S/c1-14-6-7-19(25)20(12-14)29(27,28)24-10-8-23(9-11-24)21(26)17-13-16(17)15-4-2-3-5-18(15)22/h2-7,12,16-17,25H,8-11,13H2,1H3. The number of aromatic hydroxyl groups is 1. The summed E-state index contributed by atoms with van der Waals surface area (Å²) in [5, 5.41) is 10.7. The molecule has 2 unspecified atom stereocenters. The van der Waals surface area contributed by atoms with Gasteiger partial charge in [0.15, 0.2) is 0 Å². The van der Waals surface area contributed by atoms with Gasteiger partial charge in [-0.25, -0.2) is 8.42 Å². The molecule has 29 heavy (non-hydrogen) atoms. The molecule has 1 aliphatic carbocycles. The molecule has 2 aliphatic rings. The number of phenols is 1. The highest BCUT2D eigenvalue weighted by Gasteiger charge is 2.47. The van der Waals surface area contributed by atoms with E-state index in [1.807, 2.05) is 24.3 Å². The highest BCUT2D eigenvalue weighted by Crippen LogP contribution is 2.50. The van der Waals surface area contributed by atoms with E-state index in [-0.39, 0.29) is 41.5 Å². The van der Waals surface area contributed by atoms with Crippen molar-refractivity contribution in [2.75, 3.05) is 26.2 Å². The molecule has 0 spiro atoms. The Labute approximate surface area is 175 Å². The van der Waals surface area contributed by atoms with Gasteiger partial charge >= 0.3 is 0 Å². The number of benzene rings is 2. The molecule has 2 aromatic carbocycles. The van der Waals surface area contributed by atoms with Gasteiger partial charge in [0.05, 0.1) is 0 Å². The van der Waals surface area contributed by atoms with Crippen LogP contribution in [0.1, 0.15) is 23.5 Å². The minimum absolute atomic E-state index is 0.0605. The second-order valence-electron chi connectivity index (χ2n) is 7.67. The minimum Gasteiger partial charge on any atom is -0.507 e. The van der Waals surface area contributed by atoms with Crippen molar-refractivity contribution in [3.8, 4) is 5.75 Å². The third-order valence-corrected chi connectivity index (χ3v) is 7.97. The van der Waals surface area contributed by atoms with Crippen molar-refractivity contribution in [3.05, 3.63) is 58.6 Å². The van der Waals surface area contributed by atoms with E-state index < -0.39 is 10.0 Å². The van der Waals surface area contributed by atoms with E-state index in [9.17, 15) is 18.3 Å². The summed E-state index contributed by atoms with van der Waals surface area (Å²) in [6.45, 7) is 2.89. The monoisotopic (exact) mass is 434 g/mol. The van der Waals surface area contributed by atoms with E-state index in [2.05, 4.69) is 0 Å². The number of nitrogens with zero attached hydrogens (tertiary/aromatic N) is 2. The molecule has 1 aliphatic heterocycles. The van der Waals surface area contributed by atoms with Gasteiger partial charge in [0, 0.05) is 37.1 Å². The average molecular weight is 435 g/mol. The van der Waals surface area contributed by atoms with Crippen molar-refractivity contribution < 1.29 is 18.3 Å². The maximum absolute atomic E-state index is 12.9. The molecule has 0 radical (unpaired) electrons. The zero-order valence-corrected chi connectivity index (χ0v) is 17.7. The normalized spacial score (nSPS) is 22.5. The lowest BCUT2D eigenvalue weighted by Crippen LogP contribution is -2.51. The summed E-state index contributed by atoms with van der Waals surface area (Å²) in [5.74, 6) is -0.138. The van der Waals surface area contributed by atoms with E-state index in [1.54, 1.807) is 17.9 Å². The fourth-order valence-electron chi connectivity index (χ4n) is 3.94. The Kier molecular flexibility index (Phi) is 5.31. The van der Waals surface area contributed by atoms with Gasteiger partial charge in [0.1, 0.15) is 10.6 Å². The molecule has 1 amide bonds. The molecule has 6 nitrogen and oxygen atoms in total. The quantitative estimate of drug-likeness (QED) is 0.802. The number of carbonyl (C=O) groups is 1. The van der Waals surface area contributed by atoms with Crippen LogP contribution in [0.3, 0.4) is 0 Å². The van der Waals surface area contributed by atoms with Gasteiger partial charge in [-0.05, 0) is 48.6 Å². The van der Waals surface area contributed by atoms with Gasteiger partial charge in [0.2, 0.25) is 15.9 Å². The molecule has 154 valence electrons. The minimum atomic E-state index is -3.80. The molecule has 1 saturated carbocycles. The van der Waals surface area contributed by atoms with E-state index in [1.165, 1.54) is 16.4 Å². The van der Waals surface area contributed by atoms with Crippen LogP contribution in [-0.2, 0) is 14.8 Å². The molecule has 2 atom stereocenters. The lowest BCUT2D eigenvalue weighted by Gasteiger charge is -2.34. The fraction of sp³-hybridized carbons (Fsp3) is 0.381. The third kappa shape index (κ3) is 3.86. The summed E-state index contributed by atoms with van der Waals surface area (Å²) in [4.78, 5) is 14.5. The number of carbonyl (C=O) groups excluding carboxylic acids is 1. The van der Waals surface area contributed by atoms with Gasteiger partial charge in [-0.1, -0.05) is 35.9 Å². The number of hydrogen-bond acceptors (Lipinski definition) is 4. The van der Waals surface area contributed by atoms with Crippen LogP contribution in [-0.4, -0.2) is 54.8 Å². The van der Waals surface area contributed by atoms with E-state index in [4.69, 9.17) is 11.6 Å². The zero-order chi connectivity index (χ0) is 20.8. The molecule has 2 aromatic rings. The number of amides is 1. The summed E-state index contributed by atoms with van der Waals surface area (Å²) in [6.07, 6.45) is 0.776. The second-order valence-corrected chi connectivity index (χ2v) is 9.98. The number of hydrogen-bond donors (Lipinski definition) is 1. The first-order valence-corrected chi connectivity index (χ1v) is 11.4. The molecule has 0 aromatic heterocycles. The molecule has 4 rings (SSSR count). The van der Waals surface area contributed by atoms with Gasteiger partial charge in [-0.2, -0.15) is 4.31 Å². The SMILES string of the molecule is Cc1ccc(O)c(S(=O)(=O)N2CCN(C(=O)C3CC3c3ccccc3Cl)CC2)c1. The Hall–Kier alpha value is -2.09. The third-order valence-electron chi connectivity index (χ3n) is 5.70. The average Bonchev–Trinajstić information content (AvgIpc) is 3.50. The van der Waals surface area contributed by atoms with Crippen LogP contribution in [0.25, 0.3) is 0 Å². The van der Waals surface area contributed by atoms with Crippen LogP contribution < -0.4 is 0 Å². The van der Waals surface area contributed by atoms with Crippen LogP contribution in [0.4, 0.5) is 0 Å². The first-order chi connectivity index (χ1) is 13.8. The van der Waals surface area contributed by atoms with E-state index in [0.29, 0.717) is 18.1 Å². The predicted molar refractivity (Wildman–Crippen MR) is 110 cm³/mol. The van der Waals surface area contributed by atoms with Gasteiger partial charge in [-0.3, -0.25) is 4.79 Å². The number of sulfonamides is 1. The molecule has 1 heterocycles. The fourth-order valence-corrected chi connectivity index (χ4v) is 5.80. The zero-order valence-electron chi connectivity index (χ0n) is 16.1. The van der Waals surface area contributed by atoms with Crippen molar-refractivity contribution >= 4 is 27.5 Å². The van der Waals surface area contributed by atoms with Gasteiger partial charge in [-0.15, -0.1) is 0 Å². The summed E-state index contributed by atoms with van der Waals surface area (Å²) in [6, 6.07) is 12.1. The van der Waals surface area contributed by atoms with Crippen LogP contribution in [0.5, 0.6) is 5.75 Å². The predicted octanol–water partition coefficient (Wildman–Crippen LogP) is 2.99. The lowest BCUT2D eigenvalue weighted by molar-refractivity contribution is -0.133. The maximum Gasteiger partial charge on any atom is 0.246 e. The molecule has 1 N–H and O–H groups in total. The summed E-state index contributed by atoms with van der Waals surface area (Å²) in [7, 11) is -3.80. The van der Waals surface area contributed by atoms with Crippen molar-refractivity contribution in [2.45, 2.75) is 24.2 Å². The molecule has 0 bridgehead atoms. The maximum atomic E-state index is 12.9. The van der Waals surface area contributed by atoms with Crippen molar-refractivity contribution in [1.82, 2.24) is 9.21 Å². The molecule has 1 saturated heterocycles. The topological polar surface area (TPSA) is 77.9 Å². The van der Waals surface area contributed by atoms with Crippen LogP contribution >= 0.6 is 11.6 Å². The largest absolute Gasteiger partial charge is 0.507 e. The Morgan fingerprint density at radius 1 is 1.10 bits per heavy atom. The van der Waals surface area contributed by atoms with Gasteiger partial charge < -0.3 is 10.0 Å². The summed E-state index contributed by atoms with van der Waals surface area (Å²) in [5.41, 5.74) is 1.76. The number of rotatable bonds is 4. The molecule has 2 fully saturated rings. The molecular weight excluding hydrogens is 412 g/mol. The van der Waals surface area contributed by atoms with Crippen LogP contribution in [0.15, 0.2) is 47.4 Å². The molecular formula is C21H23ClN2O4S. The number of aryl methyl sites for hydroxylation is 1. The first kappa shape index (κ1) is 20.2. The summed E-state index contributed by atoms with van der Waals surface area (Å²) < 4.78 is 27.1. The van der Waals surface area contributed by atoms with Crippen LogP contribution in [0.2, 0.25) is 5.02 Å². The van der Waals surface area contributed by atoms with Crippen molar-refractivity contribution in [2.24, 2.45) is 5.92 Å². The number of piperazine rings is 1. The Bertz CT molecular complexity index is 1050. The Balaban J connectivity index is 1.40. The van der Waals surface area contributed by atoms with Crippen molar-refractivity contribution in [3.63, 3.8) is 0 Å². The Morgan fingerprint density at radius 3 is 2.48 bits per heavy atom. The Morgan fingerprint density at radius 2 is 1.79 bits per heavy atom. The van der Waals surface area contributed by atoms with Crippen LogP contribution in [0, 0.1) is 12.8 Å². The van der Waals surface area contributed by atoms with E-state index in [0.717, 1.165) is 17.5 Å². The summed E-state index contributed by atoms with van der Waals surface area (Å²) >= 11 is 6.25. The lowest BCUT2D eigenvalue weighted by atomic mass is 10.1. The molecule has 8 heteroatoms. The highest BCUT2D eigenvalue weighted by molar-refractivity contribution is 7.89. The van der Waals surface area contributed by atoms with Gasteiger partial charge in [0.25, 0.3) is 0 Å². The van der Waals surface area contributed by atoms with E-state index >= 15 is 0 Å². The first-order valence-electron chi connectivity index (χ1n) is 9.62. The number of phenolic OH excluding ortho intramolecular Hbond substituents is 1. The smallest absolute Gasteiger partial charge is 0.246 e. The van der Waals surface area contributed by atoms with Crippen molar-refractivity contribution in [1.29, 1.82) is 0 Å². The number of halogens is 1.